The summed E-state index contributed by atoms with van der Waals surface area (Å²) in [4.78, 5) is 65.3. The number of methoxy groups -OCH3 is 4. The van der Waals surface area contributed by atoms with Crippen LogP contribution >= 0.6 is 0 Å². The minimum absolute atomic E-state index is 0.0230. The Hall–Kier alpha value is -9.36. The minimum atomic E-state index is -1.35. The van der Waals surface area contributed by atoms with Crippen molar-refractivity contribution < 1.29 is 136 Å². The number of carbonyl (C=O) groups is 4. The van der Waals surface area contributed by atoms with Crippen LogP contribution < -0.4 is 18.9 Å². The summed E-state index contributed by atoms with van der Waals surface area (Å²) in [5, 5.41) is 78.0. The highest BCUT2D eigenvalue weighted by molar-refractivity contribution is 6.06. The summed E-state index contributed by atoms with van der Waals surface area (Å²) < 4.78 is 84.2. The molecular weight excluding hydrogens is 1370 g/mol. The molecule has 4 aliphatic heterocycles. The Bertz CT molecular complexity index is 3520. The molecule has 0 fully saturated rings. The second-order valence-corrected chi connectivity index (χ2v) is 24.0. The van der Waals surface area contributed by atoms with Gasteiger partial charge in [-0.25, -0.2) is 39.1 Å². The van der Waals surface area contributed by atoms with E-state index in [1.54, 1.807) is 121 Å². The van der Waals surface area contributed by atoms with Crippen molar-refractivity contribution in [1.82, 2.24) is 9.80 Å². The van der Waals surface area contributed by atoms with Gasteiger partial charge in [0.25, 0.3) is 0 Å². The summed E-state index contributed by atoms with van der Waals surface area (Å²) >= 11 is 0. The van der Waals surface area contributed by atoms with Gasteiger partial charge in [0.05, 0.1) is 141 Å². The molecule has 0 spiro atoms. The van der Waals surface area contributed by atoms with E-state index in [1.165, 1.54) is 32.0 Å². The average molecular weight is 1470 g/mol. The lowest BCUT2D eigenvalue weighted by atomic mass is 10.1. The van der Waals surface area contributed by atoms with Gasteiger partial charge in [0.15, 0.2) is 33.7 Å². The van der Waals surface area contributed by atoms with Crippen LogP contribution in [0.3, 0.4) is 0 Å². The molecule has 4 aromatic rings. The predicted molar refractivity (Wildman–Crippen MR) is 374 cm³/mol. The molecule has 0 amide bonds. The Morgan fingerprint density at radius 2 is 0.721 bits per heavy atom. The van der Waals surface area contributed by atoms with Crippen LogP contribution in [0.15, 0.2) is 92.8 Å². The zero-order chi connectivity index (χ0) is 76.3. The number of phenols is 4. The molecule has 0 bridgehead atoms. The molecule has 34 nitrogen and oxygen atoms in total. The zero-order valence-electron chi connectivity index (χ0n) is 60.3. The molecule has 8 N–H and O–H groups in total. The summed E-state index contributed by atoms with van der Waals surface area (Å²) in [7, 11) is 9.91. The number of aliphatic carboxylic acids is 4. The fraction of sp³-hybridized carbons (Fsp3) is 0.543. The number of amidine groups is 2. The number of carboxylic acids is 4. The number of ether oxygens (including phenoxy) is 16. The smallest absolute Gasteiger partial charge is 0.335 e. The second-order valence-electron chi connectivity index (χ2n) is 24.0. The topological polar surface area (TPSA) is 434 Å². The average Bonchev–Trinajstić information content (AvgIpc) is 1.66. The number of rotatable bonds is 42. The quantitative estimate of drug-likeness (QED) is 0.0290. The molecule has 0 saturated carbocycles. The molecule has 4 atom stereocenters. The van der Waals surface area contributed by atoms with Crippen LogP contribution in [-0.4, -0.2) is 321 Å². The number of hydrogen-bond acceptors (Lipinski definition) is 30. The standard InChI is InChI=1S/2C19H28N2O7.2C16H21NO7/c1-19(18(23)24)13-21(2)17(20-19)15-5-4-14(12-16(15)22)28-11-10-27-9-8-26-7-6-25-3;1-19(18(23)24)13-21(2)17(20-19)14-5-4-6-15(16(14)22)28-12-11-27-10-9-26-8-7-25-3;1-16(15(19)20)10-24-14(17-16)12-9-11(3-4-13(12)18)23-8-7-22-6-5-21-2;1-16(15(19)20)10-24-14(17-16)12-4-3-11(9-13(12)18)23-8-7-22-6-5-21-2/h4-5,12,22H,6-11,13H2,1-3H3,(H,23,24);4-6,22H,7-13H2,1-3H3,(H,23,24);2*3-4,9,18H,5-8,10H2,1-2H3,(H,19,20)/t2*19-;2*16-/m1111/s1. The lowest BCUT2D eigenvalue weighted by molar-refractivity contribution is -0.143. The molecule has 8 rings (SSSR count). The van der Waals surface area contributed by atoms with E-state index in [9.17, 15) is 49.8 Å². The first-order valence-electron chi connectivity index (χ1n) is 32.9. The predicted octanol–water partition coefficient (Wildman–Crippen LogP) is 4.08. The molecule has 0 radical (unpaired) electrons. The second kappa shape index (κ2) is 43.0. The van der Waals surface area contributed by atoms with Gasteiger partial charge >= 0.3 is 23.9 Å². The number of para-hydroxylation sites is 1. The zero-order valence-corrected chi connectivity index (χ0v) is 60.3. The third kappa shape index (κ3) is 26.4. The third-order valence-corrected chi connectivity index (χ3v) is 15.3. The molecule has 0 aromatic heterocycles. The van der Waals surface area contributed by atoms with E-state index in [-0.39, 0.29) is 79.0 Å². The monoisotopic (exact) mass is 1470 g/mol. The summed E-state index contributed by atoms with van der Waals surface area (Å²) in [6, 6.07) is 19.1. The van der Waals surface area contributed by atoms with Gasteiger partial charge in [-0.2, -0.15) is 0 Å². The lowest BCUT2D eigenvalue weighted by Crippen LogP contribution is -2.38. The Morgan fingerprint density at radius 3 is 1.09 bits per heavy atom. The van der Waals surface area contributed by atoms with E-state index in [0.717, 1.165) is 0 Å². The maximum Gasteiger partial charge on any atom is 0.335 e. The maximum absolute atomic E-state index is 11.4. The number of aromatic hydroxyl groups is 4. The maximum atomic E-state index is 11.4. The summed E-state index contributed by atoms with van der Waals surface area (Å²) in [5.41, 5.74) is -3.66. The lowest BCUT2D eigenvalue weighted by Gasteiger charge is -2.18. The van der Waals surface area contributed by atoms with Gasteiger partial charge < -0.3 is 126 Å². The van der Waals surface area contributed by atoms with Crippen LogP contribution in [0, 0.1) is 0 Å². The van der Waals surface area contributed by atoms with Crippen molar-refractivity contribution in [3.63, 3.8) is 0 Å². The van der Waals surface area contributed by atoms with Gasteiger partial charge in [0, 0.05) is 54.7 Å². The van der Waals surface area contributed by atoms with Crippen LogP contribution in [0.2, 0.25) is 0 Å². The van der Waals surface area contributed by atoms with Crippen molar-refractivity contribution in [1.29, 1.82) is 0 Å². The van der Waals surface area contributed by atoms with Crippen LogP contribution in [0.5, 0.6) is 46.0 Å². The Labute approximate surface area is 602 Å². The molecule has 0 saturated heterocycles. The van der Waals surface area contributed by atoms with E-state index < -0.39 is 46.0 Å². The molecule has 104 heavy (non-hydrogen) atoms. The number of likely N-dealkylation sites (N-methyl/N-ethyl adjacent to an activating group) is 2. The first kappa shape index (κ1) is 85.3. The molecular formula is C70H98N6O28. The molecule has 34 heteroatoms. The van der Waals surface area contributed by atoms with Crippen molar-refractivity contribution in [2.45, 2.75) is 49.9 Å². The van der Waals surface area contributed by atoms with Crippen LogP contribution in [-0.2, 0) is 76.0 Å². The van der Waals surface area contributed by atoms with Crippen LogP contribution in [0.4, 0.5) is 0 Å². The largest absolute Gasteiger partial charge is 0.507 e. The van der Waals surface area contributed by atoms with E-state index in [4.69, 9.17) is 86.0 Å². The van der Waals surface area contributed by atoms with Crippen LogP contribution in [0.25, 0.3) is 0 Å². The number of hydrogen-bond donors (Lipinski definition) is 8. The highest BCUT2D eigenvalue weighted by atomic mass is 16.6. The van der Waals surface area contributed by atoms with Crippen molar-refractivity contribution >= 4 is 47.3 Å². The third-order valence-electron chi connectivity index (χ3n) is 15.3. The molecule has 4 aliphatic rings. The van der Waals surface area contributed by atoms with Crippen LogP contribution in [0.1, 0.15) is 49.9 Å². The van der Waals surface area contributed by atoms with E-state index in [1.807, 2.05) is 0 Å². The molecule has 4 heterocycles. The first-order chi connectivity index (χ1) is 49.7. The highest BCUT2D eigenvalue weighted by Gasteiger charge is 2.44. The van der Waals surface area contributed by atoms with Gasteiger partial charge in [-0.05, 0) is 82.3 Å². The van der Waals surface area contributed by atoms with E-state index in [2.05, 4.69) is 20.0 Å². The number of phenolic OH excluding ortho intramolecular Hbond substituents is 4. The summed E-state index contributed by atoms with van der Waals surface area (Å²) in [6.45, 7) is 15.1. The van der Waals surface area contributed by atoms with Crippen molar-refractivity contribution in [2.24, 2.45) is 20.0 Å². The van der Waals surface area contributed by atoms with Gasteiger partial charge in [-0.3, -0.25) is 0 Å². The van der Waals surface area contributed by atoms with E-state index >= 15 is 0 Å². The minimum Gasteiger partial charge on any atom is -0.507 e. The van der Waals surface area contributed by atoms with E-state index in [0.29, 0.717) is 171 Å². The molecule has 0 unspecified atom stereocenters. The molecule has 0 aliphatic carbocycles. The fourth-order valence-corrected chi connectivity index (χ4v) is 9.49. The number of benzene rings is 4. The number of carboxylic acid groups (broad SMARTS) is 4. The molecule has 4 aromatic carbocycles. The first-order valence-corrected chi connectivity index (χ1v) is 32.9. The summed E-state index contributed by atoms with van der Waals surface area (Å²) in [6.07, 6.45) is 0. The number of nitrogens with zero attached hydrogens (tertiary/aromatic N) is 6. The Morgan fingerprint density at radius 1 is 0.385 bits per heavy atom. The van der Waals surface area contributed by atoms with Crippen molar-refractivity contribution in [2.75, 3.05) is 201 Å². The Kier molecular flexibility index (Phi) is 35.3. The van der Waals surface area contributed by atoms with Gasteiger partial charge in [-0.1, -0.05) is 6.07 Å². The van der Waals surface area contributed by atoms with Gasteiger partial charge in [-0.15, -0.1) is 0 Å². The number of aliphatic imine (C=N–C) groups is 4. The van der Waals surface area contributed by atoms with Gasteiger partial charge in [0.2, 0.25) is 11.8 Å². The Balaban J connectivity index is 0.000000250. The highest BCUT2D eigenvalue weighted by Crippen LogP contribution is 2.36. The van der Waals surface area contributed by atoms with Gasteiger partial charge in [0.1, 0.15) is 85.8 Å². The molecule has 576 valence electrons. The fourth-order valence-electron chi connectivity index (χ4n) is 9.49. The SMILES string of the molecule is COCCOCCOCCOc1ccc(C2=N[C@@](C)(C(=O)O)CN2C)c(O)c1.COCCOCCOCCOc1cccc(C2=N[C@@](C)(C(=O)O)CN2C)c1O.COCCOCCOc1ccc(C2=N[C@@](C)(C(=O)O)CO2)c(O)c1.COCCOCCOc1ccc(O)c(C2=N[C@@](C)(C(=O)O)CO2)c1. The van der Waals surface area contributed by atoms with Crippen molar-refractivity contribution in [3.05, 3.63) is 95.1 Å². The summed E-state index contributed by atoms with van der Waals surface area (Å²) in [5.74, 6) is -1.66. The van der Waals surface area contributed by atoms with Crippen molar-refractivity contribution in [3.8, 4) is 46.0 Å². The normalized spacial score (nSPS) is 19.3.